The molecule has 18 heavy (non-hydrogen) atoms. The molecule has 1 aromatic carbocycles. The molecule has 0 aliphatic heterocycles. The van der Waals surface area contributed by atoms with Gasteiger partial charge in [0.05, 0.1) is 7.11 Å². The fourth-order valence-electron chi connectivity index (χ4n) is 2.66. The van der Waals surface area contributed by atoms with E-state index in [0.717, 1.165) is 22.8 Å². The maximum Gasteiger partial charge on any atom is 0.122 e. The predicted molar refractivity (Wildman–Crippen MR) is 74.7 cm³/mol. The molecule has 100 valence electrons. The number of hydrogen-bond donors (Lipinski definition) is 2. The van der Waals surface area contributed by atoms with E-state index < -0.39 is 0 Å². The zero-order chi connectivity index (χ0) is 13.3. The van der Waals surface area contributed by atoms with Gasteiger partial charge in [-0.1, -0.05) is 25.4 Å². The van der Waals surface area contributed by atoms with Crippen LogP contribution >= 0.6 is 11.6 Å². The predicted octanol–water partition coefficient (Wildman–Crippen LogP) is 2.77. The zero-order valence-electron chi connectivity index (χ0n) is 11.2. The molecule has 1 fully saturated rings. The van der Waals surface area contributed by atoms with E-state index in [4.69, 9.17) is 22.2 Å². The Labute approximate surface area is 114 Å². The van der Waals surface area contributed by atoms with Gasteiger partial charge in [0.25, 0.3) is 0 Å². The standard InChI is InChI=1S/C14H21ClN2O/c1-14(2)8-11(14)12(17-16)7-9-6-10(15)4-5-13(9)18-3/h4-6,11-12,17H,7-8,16H2,1-3H3. The van der Waals surface area contributed by atoms with Gasteiger partial charge in [0, 0.05) is 11.1 Å². The van der Waals surface area contributed by atoms with Crippen LogP contribution in [0.25, 0.3) is 0 Å². The van der Waals surface area contributed by atoms with Gasteiger partial charge in [-0.2, -0.15) is 0 Å². The highest BCUT2D eigenvalue weighted by Gasteiger charge is 2.49. The molecule has 2 unspecified atom stereocenters. The lowest BCUT2D eigenvalue weighted by molar-refractivity contribution is 0.386. The molecule has 0 saturated heterocycles. The second kappa shape index (κ2) is 5.08. The van der Waals surface area contributed by atoms with Crippen molar-refractivity contribution < 1.29 is 4.74 Å². The number of rotatable bonds is 5. The van der Waals surface area contributed by atoms with Crippen molar-refractivity contribution in [2.45, 2.75) is 32.7 Å². The largest absolute Gasteiger partial charge is 0.496 e. The molecule has 2 atom stereocenters. The molecule has 3 N–H and O–H groups in total. The molecule has 0 amide bonds. The average Bonchev–Trinajstić information content (AvgIpc) is 2.95. The number of hydrogen-bond acceptors (Lipinski definition) is 3. The van der Waals surface area contributed by atoms with E-state index in [2.05, 4.69) is 19.3 Å². The maximum absolute atomic E-state index is 6.04. The van der Waals surface area contributed by atoms with Gasteiger partial charge in [0.15, 0.2) is 0 Å². The Morgan fingerprint density at radius 3 is 2.72 bits per heavy atom. The molecule has 1 aliphatic carbocycles. The third-order valence-electron chi connectivity index (χ3n) is 3.97. The number of ether oxygens (including phenoxy) is 1. The quantitative estimate of drug-likeness (QED) is 0.638. The van der Waals surface area contributed by atoms with Gasteiger partial charge in [0.2, 0.25) is 0 Å². The molecule has 0 spiro atoms. The maximum atomic E-state index is 6.04. The minimum Gasteiger partial charge on any atom is -0.496 e. The number of methoxy groups -OCH3 is 1. The Balaban J connectivity index is 2.14. The van der Waals surface area contributed by atoms with E-state index >= 15 is 0 Å². The van der Waals surface area contributed by atoms with Crippen molar-refractivity contribution in [1.29, 1.82) is 0 Å². The first-order valence-corrected chi connectivity index (χ1v) is 6.64. The first-order valence-electron chi connectivity index (χ1n) is 6.26. The van der Waals surface area contributed by atoms with Gasteiger partial charge in [-0.25, -0.2) is 0 Å². The normalized spacial score (nSPS) is 22.6. The highest BCUT2D eigenvalue weighted by molar-refractivity contribution is 6.30. The van der Waals surface area contributed by atoms with Crippen LogP contribution in [0.4, 0.5) is 0 Å². The molecule has 1 aliphatic rings. The summed E-state index contributed by atoms with van der Waals surface area (Å²) >= 11 is 6.04. The third-order valence-corrected chi connectivity index (χ3v) is 4.21. The van der Waals surface area contributed by atoms with Crippen molar-refractivity contribution in [3.63, 3.8) is 0 Å². The van der Waals surface area contributed by atoms with Crippen LogP contribution in [-0.2, 0) is 6.42 Å². The molecular formula is C14H21ClN2O. The lowest BCUT2D eigenvalue weighted by Gasteiger charge is -2.19. The Kier molecular flexibility index (Phi) is 3.85. The first-order chi connectivity index (χ1) is 8.47. The zero-order valence-corrected chi connectivity index (χ0v) is 11.9. The summed E-state index contributed by atoms with van der Waals surface area (Å²) < 4.78 is 5.37. The summed E-state index contributed by atoms with van der Waals surface area (Å²) in [5.74, 6) is 7.18. The van der Waals surface area contributed by atoms with Gasteiger partial charge in [-0.05, 0) is 47.9 Å². The van der Waals surface area contributed by atoms with Crippen molar-refractivity contribution in [2.75, 3.05) is 7.11 Å². The number of halogens is 1. The van der Waals surface area contributed by atoms with Crippen LogP contribution in [0.1, 0.15) is 25.8 Å². The monoisotopic (exact) mass is 268 g/mol. The summed E-state index contributed by atoms with van der Waals surface area (Å²) in [7, 11) is 1.68. The van der Waals surface area contributed by atoms with Crippen LogP contribution in [0.3, 0.4) is 0 Å². The van der Waals surface area contributed by atoms with Crippen LogP contribution in [0.2, 0.25) is 5.02 Å². The van der Waals surface area contributed by atoms with Crippen molar-refractivity contribution in [3.05, 3.63) is 28.8 Å². The molecule has 0 aromatic heterocycles. The summed E-state index contributed by atoms with van der Waals surface area (Å²) in [5.41, 5.74) is 4.44. The Hall–Kier alpha value is -0.770. The van der Waals surface area contributed by atoms with Crippen molar-refractivity contribution in [1.82, 2.24) is 5.43 Å². The van der Waals surface area contributed by atoms with Crippen molar-refractivity contribution in [2.24, 2.45) is 17.2 Å². The molecule has 0 bridgehead atoms. The van der Waals surface area contributed by atoms with Crippen molar-refractivity contribution in [3.8, 4) is 5.75 Å². The minimum absolute atomic E-state index is 0.271. The summed E-state index contributed by atoms with van der Waals surface area (Å²) in [6.07, 6.45) is 2.05. The Morgan fingerprint density at radius 1 is 1.56 bits per heavy atom. The van der Waals surface area contributed by atoms with E-state index in [0.29, 0.717) is 11.3 Å². The van der Waals surface area contributed by atoms with Gasteiger partial charge in [0.1, 0.15) is 5.75 Å². The van der Waals surface area contributed by atoms with Crippen LogP contribution in [0.15, 0.2) is 18.2 Å². The second-order valence-electron chi connectivity index (χ2n) is 5.73. The molecule has 3 nitrogen and oxygen atoms in total. The molecule has 0 heterocycles. The molecule has 4 heteroatoms. The van der Waals surface area contributed by atoms with Crippen LogP contribution in [-0.4, -0.2) is 13.2 Å². The SMILES string of the molecule is COc1ccc(Cl)cc1CC(NN)C1CC1(C)C. The second-order valence-corrected chi connectivity index (χ2v) is 6.17. The summed E-state index contributed by atoms with van der Waals surface area (Å²) in [5, 5.41) is 0.733. The topological polar surface area (TPSA) is 47.3 Å². The van der Waals surface area contributed by atoms with Gasteiger partial charge < -0.3 is 4.74 Å². The van der Waals surface area contributed by atoms with Gasteiger partial charge in [-0.3, -0.25) is 11.3 Å². The Morgan fingerprint density at radius 2 is 2.22 bits per heavy atom. The van der Waals surface area contributed by atoms with Crippen LogP contribution in [0.5, 0.6) is 5.75 Å². The lowest BCUT2D eigenvalue weighted by atomic mass is 9.97. The van der Waals surface area contributed by atoms with E-state index in [1.165, 1.54) is 6.42 Å². The number of nitrogens with one attached hydrogen (secondary N) is 1. The highest BCUT2D eigenvalue weighted by Crippen LogP contribution is 2.54. The molecule has 1 aromatic rings. The summed E-state index contributed by atoms with van der Waals surface area (Å²) in [6.45, 7) is 4.55. The Bertz CT molecular complexity index is 434. The number of benzene rings is 1. The van der Waals surface area contributed by atoms with Crippen LogP contribution in [0, 0.1) is 11.3 Å². The summed E-state index contributed by atoms with van der Waals surface area (Å²) in [6, 6.07) is 5.98. The molecule has 1 saturated carbocycles. The third kappa shape index (κ3) is 2.79. The van der Waals surface area contributed by atoms with Gasteiger partial charge >= 0.3 is 0 Å². The summed E-state index contributed by atoms with van der Waals surface area (Å²) in [4.78, 5) is 0. The lowest BCUT2D eigenvalue weighted by Crippen LogP contribution is -2.39. The van der Waals surface area contributed by atoms with Crippen LogP contribution < -0.4 is 16.0 Å². The first kappa shape index (κ1) is 13.7. The molecule has 0 radical (unpaired) electrons. The average molecular weight is 269 g/mol. The van der Waals surface area contributed by atoms with Gasteiger partial charge in [-0.15, -0.1) is 0 Å². The van der Waals surface area contributed by atoms with E-state index in [1.807, 2.05) is 18.2 Å². The fraction of sp³-hybridized carbons (Fsp3) is 0.571. The highest BCUT2D eigenvalue weighted by atomic mass is 35.5. The van der Waals surface area contributed by atoms with E-state index in [1.54, 1.807) is 7.11 Å². The number of hydrazine groups is 1. The van der Waals surface area contributed by atoms with E-state index in [-0.39, 0.29) is 6.04 Å². The van der Waals surface area contributed by atoms with E-state index in [9.17, 15) is 0 Å². The fourth-order valence-corrected chi connectivity index (χ4v) is 2.85. The number of nitrogens with two attached hydrogens (primary N) is 1. The molecular weight excluding hydrogens is 248 g/mol. The minimum atomic E-state index is 0.271. The smallest absolute Gasteiger partial charge is 0.122 e. The van der Waals surface area contributed by atoms with Crippen molar-refractivity contribution >= 4 is 11.6 Å². The molecule has 2 rings (SSSR count).